The van der Waals surface area contributed by atoms with Gasteiger partial charge in [-0.3, -0.25) is 4.90 Å². The van der Waals surface area contributed by atoms with Crippen molar-refractivity contribution in [2.75, 3.05) is 36.8 Å². The molecule has 1 aromatic heterocycles. The molecule has 18 heavy (non-hydrogen) atoms. The summed E-state index contributed by atoms with van der Waals surface area (Å²) in [6.45, 7) is 4.59. The van der Waals surface area contributed by atoms with Gasteiger partial charge < -0.3 is 10.6 Å². The molecule has 2 fully saturated rings. The van der Waals surface area contributed by atoms with Crippen molar-refractivity contribution in [3.8, 4) is 0 Å². The predicted octanol–water partition coefficient (Wildman–Crippen LogP) is 1.99. The number of nitrogens with two attached hydrogens (primary N) is 1. The Balaban J connectivity index is 1.71. The predicted molar refractivity (Wildman–Crippen MR) is 75.1 cm³/mol. The van der Waals surface area contributed by atoms with E-state index in [0.717, 1.165) is 18.9 Å². The van der Waals surface area contributed by atoms with Crippen molar-refractivity contribution in [2.45, 2.75) is 25.3 Å². The van der Waals surface area contributed by atoms with Gasteiger partial charge in [0.05, 0.1) is 10.7 Å². The lowest BCUT2D eigenvalue weighted by Gasteiger charge is -2.24. The highest BCUT2D eigenvalue weighted by atomic mass is 35.5. The van der Waals surface area contributed by atoms with Crippen LogP contribution >= 0.6 is 11.6 Å². The number of aromatic nitrogens is 1. The summed E-state index contributed by atoms with van der Waals surface area (Å²) in [5, 5.41) is 0.603. The lowest BCUT2D eigenvalue weighted by atomic mass is 10.2. The molecule has 1 aromatic rings. The van der Waals surface area contributed by atoms with Crippen LogP contribution in [0.25, 0.3) is 0 Å². The fraction of sp³-hybridized carbons (Fsp3) is 0.615. The second kappa shape index (κ2) is 4.94. The number of anilines is 2. The van der Waals surface area contributed by atoms with Gasteiger partial charge in [-0.1, -0.05) is 11.6 Å². The van der Waals surface area contributed by atoms with Crippen LogP contribution in [0.15, 0.2) is 12.3 Å². The van der Waals surface area contributed by atoms with E-state index < -0.39 is 0 Å². The van der Waals surface area contributed by atoms with Crippen LogP contribution in [-0.4, -0.2) is 42.1 Å². The maximum absolute atomic E-state index is 6.00. The van der Waals surface area contributed by atoms with E-state index in [9.17, 15) is 0 Å². The average molecular weight is 267 g/mol. The van der Waals surface area contributed by atoms with E-state index in [-0.39, 0.29) is 0 Å². The van der Waals surface area contributed by atoms with Crippen molar-refractivity contribution in [1.29, 1.82) is 0 Å². The van der Waals surface area contributed by atoms with E-state index in [1.165, 1.54) is 32.4 Å². The third-order valence-electron chi connectivity index (χ3n) is 3.98. The fourth-order valence-corrected chi connectivity index (χ4v) is 3.22. The minimum atomic E-state index is 0.603. The van der Waals surface area contributed by atoms with Gasteiger partial charge in [0, 0.05) is 25.3 Å². The number of hydrogen-bond acceptors (Lipinski definition) is 4. The Morgan fingerprint density at radius 1 is 1.28 bits per heavy atom. The summed E-state index contributed by atoms with van der Waals surface area (Å²) >= 11 is 5.89. The number of rotatable bonds is 2. The van der Waals surface area contributed by atoms with Crippen molar-refractivity contribution in [3.05, 3.63) is 17.3 Å². The minimum Gasteiger partial charge on any atom is -0.396 e. The Kier molecular flexibility index (Phi) is 3.31. The highest BCUT2D eigenvalue weighted by Gasteiger charge is 2.30. The molecule has 0 bridgehead atoms. The molecule has 2 aliphatic rings. The van der Waals surface area contributed by atoms with E-state index in [0.29, 0.717) is 16.8 Å². The smallest absolute Gasteiger partial charge is 0.151 e. The first-order chi connectivity index (χ1) is 8.74. The summed E-state index contributed by atoms with van der Waals surface area (Å²) < 4.78 is 0. The van der Waals surface area contributed by atoms with Gasteiger partial charge >= 0.3 is 0 Å². The number of hydrogen-bond donors (Lipinski definition) is 1. The molecule has 2 N–H and O–H groups in total. The first-order valence-corrected chi connectivity index (χ1v) is 7.02. The molecule has 0 amide bonds. The normalized spacial score (nSPS) is 24.9. The minimum absolute atomic E-state index is 0.603. The maximum atomic E-state index is 6.00. The van der Waals surface area contributed by atoms with Crippen molar-refractivity contribution in [2.24, 2.45) is 0 Å². The van der Waals surface area contributed by atoms with Gasteiger partial charge in [-0.25, -0.2) is 4.98 Å². The molecule has 3 rings (SSSR count). The largest absolute Gasteiger partial charge is 0.396 e. The van der Waals surface area contributed by atoms with Crippen LogP contribution in [0.1, 0.15) is 19.3 Å². The van der Waals surface area contributed by atoms with E-state index in [1.807, 2.05) is 0 Å². The van der Waals surface area contributed by atoms with Gasteiger partial charge in [0.15, 0.2) is 5.82 Å². The third kappa shape index (κ3) is 2.27. The van der Waals surface area contributed by atoms with Crippen LogP contribution in [0.5, 0.6) is 0 Å². The standard InChI is InChI=1S/C13H19ClN4/c14-10-7-12(15)13(16-8-10)18-6-3-11(9-18)17-4-1-2-5-17/h7-8,11H,1-6,9,15H2. The highest BCUT2D eigenvalue weighted by molar-refractivity contribution is 6.30. The second-order valence-corrected chi connectivity index (χ2v) is 5.63. The van der Waals surface area contributed by atoms with Gasteiger partial charge in [-0.15, -0.1) is 0 Å². The number of nitrogens with zero attached hydrogens (tertiary/aromatic N) is 3. The zero-order valence-corrected chi connectivity index (χ0v) is 11.2. The molecule has 0 aliphatic carbocycles. The van der Waals surface area contributed by atoms with Crippen LogP contribution in [0, 0.1) is 0 Å². The first kappa shape index (κ1) is 12.1. The van der Waals surface area contributed by atoms with Gasteiger partial charge in [0.1, 0.15) is 0 Å². The summed E-state index contributed by atoms with van der Waals surface area (Å²) in [5.41, 5.74) is 6.68. The summed E-state index contributed by atoms with van der Waals surface area (Å²) in [4.78, 5) is 9.26. The molecule has 3 heterocycles. The van der Waals surface area contributed by atoms with Crippen molar-refractivity contribution in [1.82, 2.24) is 9.88 Å². The average Bonchev–Trinajstić information content (AvgIpc) is 2.99. The molecule has 2 saturated heterocycles. The molecule has 0 aromatic carbocycles. The quantitative estimate of drug-likeness (QED) is 0.889. The Labute approximate surface area is 113 Å². The molecular formula is C13H19ClN4. The van der Waals surface area contributed by atoms with Crippen LogP contribution in [0.2, 0.25) is 5.02 Å². The van der Waals surface area contributed by atoms with Gasteiger partial charge in [0.25, 0.3) is 0 Å². The topological polar surface area (TPSA) is 45.4 Å². The molecule has 0 spiro atoms. The molecule has 2 aliphatic heterocycles. The van der Waals surface area contributed by atoms with E-state index in [4.69, 9.17) is 17.3 Å². The molecule has 5 heteroatoms. The van der Waals surface area contributed by atoms with Crippen LogP contribution in [0.3, 0.4) is 0 Å². The Hall–Kier alpha value is -1.00. The Morgan fingerprint density at radius 2 is 2.06 bits per heavy atom. The van der Waals surface area contributed by atoms with Crippen molar-refractivity contribution < 1.29 is 0 Å². The highest BCUT2D eigenvalue weighted by Crippen LogP contribution is 2.28. The molecule has 0 saturated carbocycles. The van der Waals surface area contributed by atoms with Crippen LogP contribution < -0.4 is 10.6 Å². The first-order valence-electron chi connectivity index (χ1n) is 6.64. The van der Waals surface area contributed by atoms with Crippen molar-refractivity contribution >= 4 is 23.1 Å². The molecule has 0 radical (unpaired) electrons. The second-order valence-electron chi connectivity index (χ2n) is 5.20. The Bertz CT molecular complexity index is 431. The summed E-state index contributed by atoms with van der Waals surface area (Å²) in [5.74, 6) is 0.890. The Morgan fingerprint density at radius 3 is 2.78 bits per heavy atom. The third-order valence-corrected chi connectivity index (χ3v) is 4.19. The van der Waals surface area contributed by atoms with Gasteiger partial charge in [0.2, 0.25) is 0 Å². The summed E-state index contributed by atoms with van der Waals surface area (Å²) in [7, 11) is 0. The lowest BCUT2D eigenvalue weighted by Crippen LogP contribution is -2.35. The van der Waals surface area contributed by atoms with E-state index in [1.54, 1.807) is 12.3 Å². The zero-order valence-electron chi connectivity index (χ0n) is 10.5. The number of pyridine rings is 1. The molecule has 4 nitrogen and oxygen atoms in total. The van der Waals surface area contributed by atoms with Crippen molar-refractivity contribution in [3.63, 3.8) is 0 Å². The molecule has 1 unspecified atom stereocenters. The van der Waals surface area contributed by atoms with Crippen LogP contribution in [0.4, 0.5) is 11.5 Å². The molecular weight excluding hydrogens is 248 g/mol. The lowest BCUT2D eigenvalue weighted by molar-refractivity contribution is 0.260. The molecule has 1 atom stereocenters. The van der Waals surface area contributed by atoms with Crippen LogP contribution in [-0.2, 0) is 0 Å². The SMILES string of the molecule is Nc1cc(Cl)cnc1N1CCC(N2CCCC2)C1. The number of halogens is 1. The molecule has 98 valence electrons. The summed E-state index contributed by atoms with van der Waals surface area (Å²) in [6.07, 6.45) is 5.58. The fourth-order valence-electron chi connectivity index (χ4n) is 3.05. The summed E-state index contributed by atoms with van der Waals surface area (Å²) in [6, 6.07) is 2.46. The monoisotopic (exact) mass is 266 g/mol. The maximum Gasteiger partial charge on any atom is 0.151 e. The van der Waals surface area contributed by atoms with Gasteiger partial charge in [-0.2, -0.15) is 0 Å². The van der Waals surface area contributed by atoms with E-state index >= 15 is 0 Å². The number of nitrogen functional groups attached to an aromatic ring is 1. The number of likely N-dealkylation sites (tertiary alicyclic amines) is 1. The van der Waals surface area contributed by atoms with Gasteiger partial charge in [-0.05, 0) is 38.4 Å². The zero-order chi connectivity index (χ0) is 12.5. The van der Waals surface area contributed by atoms with E-state index in [2.05, 4.69) is 14.8 Å².